The van der Waals surface area contributed by atoms with Crippen LogP contribution in [0.2, 0.25) is 0 Å². The molecule has 0 amide bonds. The number of hydrogen-bond donors (Lipinski definition) is 1. The maximum atomic E-state index is 12.4. The predicted molar refractivity (Wildman–Crippen MR) is 109 cm³/mol. The number of ether oxygens (including phenoxy) is 1. The number of carbonyl (C=O) groups excluding carboxylic acids is 1. The molecule has 0 saturated carbocycles. The van der Waals surface area contributed by atoms with Gasteiger partial charge in [0, 0.05) is 17.5 Å². The number of hydrogen-bond acceptors (Lipinski definition) is 6. The van der Waals surface area contributed by atoms with Gasteiger partial charge in [-0.05, 0) is 43.7 Å². The first-order valence-electron chi connectivity index (χ1n) is 8.67. The molecule has 2 aromatic carbocycles. The van der Waals surface area contributed by atoms with Crippen LogP contribution in [0.3, 0.4) is 0 Å². The van der Waals surface area contributed by atoms with Crippen LogP contribution in [0.4, 0.5) is 5.69 Å². The summed E-state index contributed by atoms with van der Waals surface area (Å²) in [5, 5.41) is 2.47. The monoisotopic (exact) mass is 416 g/mol. The van der Waals surface area contributed by atoms with Gasteiger partial charge in [-0.1, -0.05) is 29.8 Å². The van der Waals surface area contributed by atoms with Crippen molar-refractivity contribution in [3.05, 3.63) is 75.7 Å². The average molecular weight is 417 g/mol. The lowest BCUT2D eigenvalue weighted by molar-refractivity contribution is 0.0520. The van der Waals surface area contributed by atoms with Crippen molar-refractivity contribution in [2.24, 2.45) is 0 Å². The highest BCUT2D eigenvalue weighted by Crippen LogP contribution is 2.20. The normalized spacial score (nSPS) is 11.2. The van der Waals surface area contributed by atoms with Crippen LogP contribution < -0.4 is 4.72 Å². The quantitative estimate of drug-likeness (QED) is 0.588. The van der Waals surface area contributed by atoms with Gasteiger partial charge in [-0.3, -0.25) is 4.72 Å². The van der Waals surface area contributed by atoms with E-state index in [1.54, 1.807) is 48.7 Å². The molecule has 0 aliphatic rings. The first-order valence-corrected chi connectivity index (χ1v) is 11.0. The highest BCUT2D eigenvalue weighted by molar-refractivity contribution is 7.92. The lowest BCUT2D eigenvalue weighted by Gasteiger charge is -2.09. The standard InChI is InChI=1S/C20H20N2O4S2/c1-3-26-20(23)18-13-27-19(21-18)12-15-6-8-16(9-7-15)22-28(24,25)17-10-4-14(2)5-11-17/h4-11,13,22H,3,12H2,1-2H3. The first-order chi connectivity index (χ1) is 13.4. The lowest BCUT2D eigenvalue weighted by Crippen LogP contribution is -2.12. The number of rotatable bonds is 7. The van der Waals surface area contributed by atoms with Gasteiger partial charge in [0.05, 0.1) is 16.5 Å². The Kier molecular flexibility index (Phi) is 6.11. The molecule has 6 nitrogen and oxygen atoms in total. The average Bonchev–Trinajstić information content (AvgIpc) is 3.12. The largest absolute Gasteiger partial charge is 0.461 e. The number of thiazole rings is 1. The number of esters is 1. The van der Waals surface area contributed by atoms with Gasteiger partial charge in [0.1, 0.15) is 0 Å². The van der Waals surface area contributed by atoms with Crippen molar-refractivity contribution in [1.29, 1.82) is 0 Å². The van der Waals surface area contributed by atoms with E-state index in [4.69, 9.17) is 4.74 Å². The van der Waals surface area contributed by atoms with E-state index >= 15 is 0 Å². The summed E-state index contributed by atoms with van der Waals surface area (Å²) in [4.78, 5) is 16.2. The Hall–Kier alpha value is -2.71. The predicted octanol–water partition coefficient (Wildman–Crippen LogP) is 4.02. The molecule has 28 heavy (non-hydrogen) atoms. The maximum Gasteiger partial charge on any atom is 0.357 e. The second-order valence-corrected chi connectivity index (χ2v) is 8.76. The molecule has 0 radical (unpaired) electrons. The molecule has 0 spiro atoms. The maximum absolute atomic E-state index is 12.4. The number of nitrogens with zero attached hydrogens (tertiary/aromatic N) is 1. The van der Waals surface area contributed by atoms with Crippen molar-refractivity contribution >= 4 is 33.0 Å². The Bertz CT molecular complexity index is 1060. The number of anilines is 1. The molecule has 0 bridgehead atoms. The molecule has 146 valence electrons. The summed E-state index contributed by atoms with van der Waals surface area (Å²) in [6.07, 6.45) is 0.551. The number of aryl methyl sites for hydroxylation is 1. The molecule has 3 aromatic rings. The molecule has 1 N–H and O–H groups in total. The third kappa shape index (κ3) is 4.96. The summed E-state index contributed by atoms with van der Waals surface area (Å²) >= 11 is 1.39. The number of nitrogens with one attached hydrogen (secondary N) is 1. The minimum absolute atomic E-state index is 0.219. The van der Waals surface area contributed by atoms with Gasteiger partial charge in [-0.15, -0.1) is 11.3 Å². The minimum atomic E-state index is -3.63. The van der Waals surface area contributed by atoms with Crippen LogP contribution in [0.1, 0.15) is 33.5 Å². The van der Waals surface area contributed by atoms with Crippen LogP contribution in [-0.2, 0) is 21.2 Å². The van der Waals surface area contributed by atoms with E-state index in [0.717, 1.165) is 16.1 Å². The Labute approximate surface area is 168 Å². The fraction of sp³-hybridized carbons (Fsp3) is 0.200. The molecule has 0 atom stereocenters. The molecule has 0 saturated heterocycles. The third-order valence-electron chi connectivity index (χ3n) is 3.93. The Balaban J connectivity index is 1.67. The van der Waals surface area contributed by atoms with Crippen LogP contribution in [0.25, 0.3) is 0 Å². The molecule has 0 aliphatic carbocycles. The van der Waals surface area contributed by atoms with Crippen LogP contribution in [0.15, 0.2) is 58.8 Å². The van der Waals surface area contributed by atoms with Crippen molar-refractivity contribution in [2.45, 2.75) is 25.2 Å². The highest BCUT2D eigenvalue weighted by Gasteiger charge is 2.14. The summed E-state index contributed by atoms with van der Waals surface area (Å²) < 4.78 is 32.4. The van der Waals surface area contributed by atoms with Gasteiger partial charge in [-0.25, -0.2) is 18.2 Å². The van der Waals surface area contributed by atoms with Crippen LogP contribution >= 0.6 is 11.3 Å². The topological polar surface area (TPSA) is 85.4 Å². The van der Waals surface area contributed by atoms with Crippen molar-refractivity contribution in [1.82, 2.24) is 4.98 Å². The summed E-state index contributed by atoms with van der Waals surface area (Å²) in [5.74, 6) is -0.425. The Morgan fingerprint density at radius 3 is 2.43 bits per heavy atom. The van der Waals surface area contributed by atoms with E-state index in [1.807, 2.05) is 19.1 Å². The zero-order chi connectivity index (χ0) is 20.1. The van der Waals surface area contributed by atoms with Gasteiger partial charge in [0.2, 0.25) is 0 Å². The van der Waals surface area contributed by atoms with Crippen molar-refractivity contribution in [3.8, 4) is 0 Å². The summed E-state index contributed by atoms with van der Waals surface area (Å²) in [5.41, 5.74) is 2.75. The van der Waals surface area contributed by atoms with E-state index in [1.165, 1.54) is 11.3 Å². The second kappa shape index (κ2) is 8.53. The van der Waals surface area contributed by atoms with Gasteiger partial charge >= 0.3 is 5.97 Å². The van der Waals surface area contributed by atoms with Gasteiger partial charge in [0.15, 0.2) is 5.69 Å². The number of sulfonamides is 1. The molecule has 1 aromatic heterocycles. The Morgan fingerprint density at radius 2 is 1.79 bits per heavy atom. The lowest BCUT2D eigenvalue weighted by atomic mass is 10.1. The van der Waals surface area contributed by atoms with Gasteiger partial charge in [0.25, 0.3) is 10.0 Å². The van der Waals surface area contributed by atoms with E-state index in [-0.39, 0.29) is 4.90 Å². The zero-order valence-electron chi connectivity index (χ0n) is 15.5. The van der Waals surface area contributed by atoms with Gasteiger partial charge < -0.3 is 4.74 Å². The fourth-order valence-electron chi connectivity index (χ4n) is 2.49. The van der Waals surface area contributed by atoms with Crippen molar-refractivity contribution in [3.63, 3.8) is 0 Å². The van der Waals surface area contributed by atoms with E-state index in [2.05, 4.69) is 9.71 Å². The molecule has 8 heteroatoms. The molecule has 0 unspecified atom stereocenters. The van der Waals surface area contributed by atoms with Crippen molar-refractivity contribution in [2.75, 3.05) is 11.3 Å². The van der Waals surface area contributed by atoms with E-state index < -0.39 is 16.0 Å². The highest BCUT2D eigenvalue weighted by atomic mass is 32.2. The SMILES string of the molecule is CCOC(=O)c1csc(Cc2ccc(NS(=O)(=O)c3ccc(C)cc3)cc2)n1. The number of benzene rings is 2. The summed E-state index contributed by atoms with van der Waals surface area (Å²) in [6, 6.07) is 13.8. The second-order valence-electron chi connectivity index (χ2n) is 6.14. The molecule has 0 fully saturated rings. The molecular formula is C20H20N2O4S2. The number of carbonyl (C=O) groups is 1. The van der Waals surface area contributed by atoms with Crippen molar-refractivity contribution < 1.29 is 17.9 Å². The smallest absolute Gasteiger partial charge is 0.357 e. The first kappa shape index (κ1) is 20.0. The van der Waals surface area contributed by atoms with E-state index in [0.29, 0.717) is 24.4 Å². The third-order valence-corrected chi connectivity index (χ3v) is 6.18. The molecule has 3 rings (SSSR count). The summed E-state index contributed by atoms with van der Waals surface area (Å²) in [6.45, 7) is 3.96. The molecule has 0 aliphatic heterocycles. The summed E-state index contributed by atoms with van der Waals surface area (Å²) in [7, 11) is -3.63. The Morgan fingerprint density at radius 1 is 1.11 bits per heavy atom. The zero-order valence-corrected chi connectivity index (χ0v) is 17.1. The van der Waals surface area contributed by atoms with E-state index in [9.17, 15) is 13.2 Å². The van der Waals surface area contributed by atoms with Crippen LogP contribution in [0, 0.1) is 6.92 Å². The van der Waals surface area contributed by atoms with Crippen LogP contribution in [0.5, 0.6) is 0 Å². The van der Waals surface area contributed by atoms with Crippen LogP contribution in [-0.4, -0.2) is 26.0 Å². The number of aromatic nitrogens is 1. The minimum Gasteiger partial charge on any atom is -0.461 e. The molecule has 1 heterocycles. The fourth-order valence-corrected chi connectivity index (χ4v) is 4.34. The van der Waals surface area contributed by atoms with Gasteiger partial charge in [-0.2, -0.15) is 0 Å². The molecular weight excluding hydrogens is 396 g/mol.